The highest BCUT2D eigenvalue weighted by Crippen LogP contribution is 2.44. The van der Waals surface area contributed by atoms with Crippen molar-refractivity contribution < 1.29 is 13.2 Å². The van der Waals surface area contributed by atoms with Crippen LogP contribution in [0.15, 0.2) is 110 Å². The first-order chi connectivity index (χ1) is 20.6. The van der Waals surface area contributed by atoms with E-state index >= 15 is 0 Å². The smallest absolute Gasteiger partial charge is 0.232 e. The molecule has 0 unspecified atom stereocenters. The molecule has 0 aliphatic carbocycles. The van der Waals surface area contributed by atoms with Crippen LogP contribution >= 0.6 is 0 Å². The number of hydrogen-bond acceptors (Lipinski definition) is 6. The van der Waals surface area contributed by atoms with E-state index < -0.39 is 17.4 Å². The van der Waals surface area contributed by atoms with Crippen LogP contribution < -0.4 is 0 Å². The Labute approximate surface area is 245 Å². The summed E-state index contributed by atoms with van der Waals surface area (Å²) in [7, 11) is 0. The second kappa shape index (κ2) is 10.6. The van der Waals surface area contributed by atoms with E-state index in [2.05, 4.69) is 20.2 Å². The lowest BCUT2D eigenvalue weighted by Gasteiger charge is -2.34. The quantitative estimate of drug-likeness (QED) is 0.229. The first-order valence-corrected chi connectivity index (χ1v) is 13.5. The van der Waals surface area contributed by atoms with Gasteiger partial charge in [-0.1, -0.05) is 93.6 Å². The maximum atomic E-state index is 13.3. The SMILES string of the molecule is CC(C)(C)c1ncn(-c2cccc(C(c3ccccc3)(c3ccccc3)c3cccc(-n4cnc(C(F)(F)F)n4)n3)n2)n1. The van der Waals surface area contributed by atoms with Gasteiger partial charge in [-0.2, -0.15) is 13.2 Å². The zero-order chi connectivity index (χ0) is 30.2. The molecule has 0 N–H and O–H groups in total. The Morgan fingerprint density at radius 3 is 1.37 bits per heavy atom. The summed E-state index contributed by atoms with van der Waals surface area (Å²) < 4.78 is 42.6. The molecule has 6 rings (SSSR count). The highest BCUT2D eigenvalue weighted by atomic mass is 19.4. The van der Waals surface area contributed by atoms with Crippen molar-refractivity contribution in [3.63, 3.8) is 0 Å². The van der Waals surface area contributed by atoms with Crippen molar-refractivity contribution >= 4 is 0 Å². The molecule has 0 aliphatic rings. The van der Waals surface area contributed by atoms with Gasteiger partial charge in [0.15, 0.2) is 17.5 Å². The molecule has 0 atom stereocenters. The molecule has 4 aromatic heterocycles. The van der Waals surface area contributed by atoms with E-state index in [-0.39, 0.29) is 11.2 Å². The lowest BCUT2D eigenvalue weighted by molar-refractivity contribution is -0.144. The fourth-order valence-electron chi connectivity index (χ4n) is 5.01. The zero-order valence-corrected chi connectivity index (χ0v) is 23.6. The molecule has 0 amide bonds. The molecule has 0 bridgehead atoms. The lowest BCUT2D eigenvalue weighted by Crippen LogP contribution is -2.33. The van der Waals surface area contributed by atoms with Crippen molar-refractivity contribution in [2.24, 2.45) is 0 Å². The van der Waals surface area contributed by atoms with Gasteiger partial charge in [0.2, 0.25) is 0 Å². The summed E-state index contributed by atoms with van der Waals surface area (Å²) in [6.45, 7) is 6.12. The maximum absolute atomic E-state index is 13.3. The third-order valence-electron chi connectivity index (χ3n) is 7.03. The molecule has 0 saturated carbocycles. The van der Waals surface area contributed by atoms with Crippen molar-refractivity contribution in [3.8, 4) is 11.6 Å². The minimum Gasteiger partial charge on any atom is -0.232 e. The van der Waals surface area contributed by atoms with Crippen LogP contribution in [0.25, 0.3) is 11.6 Å². The molecule has 0 aliphatic heterocycles. The Morgan fingerprint density at radius 1 is 0.535 bits per heavy atom. The number of benzene rings is 2. The van der Waals surface area contributed by atoms with Crippen LogP contribution in [0.1, 0.15) is 54.9 Å². The fraction of sp³-hybridized carbons (Fsp3) is 0.188. The van der Waals surface area contributed by atoms with E-state index in [4.69, 9.17) is 9.97 Å². The normalized spacial score (nSPS) is 12.4. The molecular weight excluding hydrogens is 553 g/mol. The highest BCUT2D eigenvalue weighted by Gasteiger charge is 2.42. The van der Waals surface area contributed by atoms with Crippen LogP contribution in [0.2, 0.25) is 0 Å². The summed E-state index contributed by atoms with van der Waals surface area (Å²) >= 11 is 0. The van der Waals surface area contributed by atoms with Crippen molar-refractivity contribution in [2.45, 2.75) is 37.8 Å². The van der Waals surface area contributed by atoms with Crippen LogP contribution in [0.3, 0.4) is 0 Å². The number of hydrogen-bond donors (Lipinski definition) is 0. The van der Waals surface area contributed by atoms with Crippen LogP contribution in [0.4, 0.5) is 13.2 Å². The first kappa shape index (κ1) is 28.0. The summed E-state index contributed by atoms with van der Waals surface area (Å²) in [6.07, 6.45) is -2.03. The average molecular weight is 581 g/mol. The first-order valence-electron chi connectivity index (χ1n) is 13.5. The number of aromatic nitrogens is 8. The summed E-state index contributed by atoms with van der Waals surface area (Å²) in [5.41, 5.74) is 1.56. The van der Waals surface area contributed by atoms with E-state index in [1.807, 2.05) is 106 Å². The summed E-state index contributed by atoms with van der Waals surface area (Å²) in [6, 6.07) is 30.3. The molecule has 6 aromatic rings. The van der Waals surface area contributed by atoms with E-state index in [9.17, 15) is 13.2 Å². The van der Waals surface area contributed by atoms with Crippen LogP contribution in [-0.4, -0.2) is 39.5 Å². The van der Waals surface area contributed by atoms with Gasteiger partial charge in [-0.05, 0) is 35.4 Å². The minimum atomic E-state index is -4.68. The number of rotatable bonds is 6. The fourth-order valence-corrected chi connectivity index (χ4v) is 5.01. The Kier molecular flexibility index (Phi) is 6.87. The van der Waals surface area contributed by atoms with Gasteiger partial charge in [0.1, 0.15) is 18.1 Å². The van der Waals surface area contributed by atoms with Crippen molar-refractivity contribution in [3.05, 3.63) is 144 Å². The molecule has 43 heavy (non-hydrogen) atoms. The third-order valence-corrected chi connectivity index (χ3v) is 7.03. The predicted molar refractivity (Wildman–Crippen MR) is 154 cm³/mol. The van der Waals surface area contributed by atoms with Gasteiger partial charge in [0.25, 0.3) is 5.82 Å². The lowest BCUT2D eigenvalue weighted by atomic mass is 9.69. The summed E-state index contributed by atoms with van der Waals surface area (Å²) in [5.74, 6) is 0.171. The van der Waals surface area contributed by atoms with Gasteiger partial charge in [-0.25, -0.2) is 29.3 Å². The largest absolute Gasteiger partial charge is 0.453 e. The molecule has 4 heterocycles. The maximum Gasteiger partial charge on any atom is 0.453 e. The van der Waals surface area contributed by atoms with Gasteiger partial charge >= 0.3 is 6.18 Å². The highest BCUT2D eigenvalue weighted by molar-refractivity contribution is 5.57. The number of nitrogens with zero attached hydrogens (tertiary/aromatic N) is 8. The van der Waals surface area contributed by atoms with Crippen LogP contribution in [0.5, 0.6) is 0 Å². The number of pyridine rings is 2. The van der Waals surface area contributed by atoms with Crippen molar-refractivity contribution in [1.29, 1.82) is 0 Å². The van der Waals surface area contributed by atoms with Gasteiger partial charge in [-0.3, -0.25) is 0 Å². The molecule has 0 spiro atoms. The molecule has 11 heteroatoms. The molecular formula is C32H27F3N8. The predicted octanol–water partition coefficient (Wildman–Crippen LogP) is 6.34. The van der Waals surface area contributed by atoms with Gasteiger partial charge in [-0.15, -0.1) is 10.2 Å². The number of alkyl halides is 3. The van der Waals surface area contributed by atoms with Gasteiger partial charge < -0.3 is 0 Å². The molecule has 2 aromatic carbocycles. The summed E-state index contributed by atoms with van der Waals surface area (Å²) in [5, 5.41) is 8.34. The Morgan fingerprint density at radius 2 is 0.977 bits per heavy atom. The van der Waals surface area contributed by atoms with Crippen molar-refractivity contribution in [1.82, 2.24) is 39.5 Å². The Hall–Kier alpha value is -5.19. The summed E-state index contributed by atoms with van der Waals surface area (Å²) in [4.78, 5) is 18.0. The second-order valence-electron chi connectivity index (χ2n) is 11.0. The molecule has 0 saturated heterocycles. The minimum absolute atomic E-state index is 0.180. The second-order valence-corrected chi connectivity index (χ2v) is 11.0. The topological polar surface area (TPSA) is 87.2 Å². The monoisotopic (exact) mass is 580 g/mol. The van der Waals surface area contributed by atoms with E-state index in [0.717, 1.165) is 22.1 Å². The van der Waals surface area contributed by atoms with E-state index in [0.29, 0.717) is 23.0 Å². The zero-order valence-electron chi connectivity index (χ0n) is 23.6. The Balaban J connectivity index is 1.61. The van der Waals surface area contributed by atoms with Crippen LogP contribution in [-0.2, 0) is 17.0 Å². The number of halogens is 3. The molecule has 0 radical (unpaired) electrons. The van der Waals surface area contributed by atoms with Gasteiger partial charge in [0.05, 0.1) is 11.4 Å². The van der Waals surface area contributed by atoms with Gasteiger partial charge in [0, 0.05) is 5.41 Å². The van der Waals surface area contributed by atoms with E-state index in [1.54, 1.807) is 23.1 Å². The standard InChI is InChI=1S/C32H27F3N8/c1-30(2,3)28-36-20-42(40-28)26-18-10-16-24(38-26)31(22-12-6-4-7-13-22,23-14-8-5-9-15-23)25-17-11-19-27(39-25)43-21-37-29(41-43)32(33,34)35/h4-21H,1-3H3. The molecule has 8 nitrogen and oxygen atoms in total. The molecule has 216 valence electrons. The third kappa shape index (κ3) is 5.18. The van der Waals surface area contributed by atoms with Crippen molar-refractivity contribution in [2.75, 3.05) is 0 Å². The molecule has 0 fully saturated rings. The average Bonchev–Trinajstić information content (AvgIpc) is 3.71. The Bertz CT molecular complexity index is 1720. The van der Waals surface area contributed by atoms with E-state index in [1.165, 1.54) is 0 Å². The van der Waals surface area contributed by atoms with Crippen LogP contribution in [0, 0.1) is 0 Å².